The van der Waals surface area contributed by atoms with Crippen molar-refractivity contribution >= 4 is 38.9 Å². The topological polar surface area (TPSA) is 81.2 Å². The maximum Gasteiger partial charge on any atom is 0.182 e. The van der Waals surface area contributed by atoms with Crippen LogP contribution in [0.1, 0.15) is 13.8 Å². The summed E-state index contributed by atoms with van der Waals surface area (Å²) in [7, 11) is 1.87. The Morgan fingerprint density at radius 1 is 1.00 bits per heavy atom. The second-order valence-corrected chi connectivity index (χ2v) is 7.26. The molecule has 2 heterocycles. The molecule has 2 aromatic heterocycles. The monoisotopic (exact) mass is 421 g/mol. The lowest BCUT2D eigenvalue weighted by molar-refractivity contribution is 0.288. The van der Waals surface area contributed by atoms with Crippen LogP contribution in [0.25, 0.3) is 22.2 Å². The van der Waals surface area contributed by atoms with Crippen LogP contribution in [0.4, 0.5) is 16.6 Å². The molecule has 0 saturated heterocycles. The lowest BCUT2D eigenvalue weighted by Crippen LogP contribution is -2.01. The lowest BCUT2D eigenvalue weighted by atomic mass is 10.1. The number of anilines is 3. The molecule has 8 heteroatoms. The SMILES string of the molecule is CCOc1cc2ncnc(Nc3cccc(-c4csc(NC)n4)c3)c2cc1OCC. The summed E-state index contributed by atoms with van der Waals surface area (Å²) < 4.78 is 11.5. The average molecular weight is 422 g/mol. The van der Waals surface area contributed by atoms with Gasteiger partial charge in [0.2, 0.25) is 0 Å². The first kappa shape index (κ1) is 19.9. The van der Waals surface area contributed by atoms with E-state index < -0.39 is 0 Å². The maximum atomic E-state index is 5.77. The Labute approximate surface area is 179 Å². The van der Waals surface area contributed by atoms with E-state index in [0.29, 0.717) is 30.5 Å². The number of fused-ring (bicyclic) bond motifs is 1. The summed E-state index contributed by atoms with van der Waals surface area (Å²) in [4.78, 5) is 13.4. The maximum absolute atomic E-state index is 5.77. The zero-order valence-corrected chi connectivity index (χ0v) is 17.9. The number of rotatable bonds is 8. The van der Waals surface area contributed by atoms with Crippen LogP contribution in [-0.2, 0) is 0 Å². The van der Waals surface area contributed by atoms with Crippen molar-refractivity contribution in [3.8, 4) is 22.8 Å². The van der Waals surface area contributed by atoms with Crippen molar-refractivity contribution in [1.29, 1.82) is 0 Å². The van der Waals surface area contributed by atoms with Gasteiger partial charge in [-0.1, -0.05) is 12.1 Å². The van der Waals surface area contributed by atoms with E-state index in [0.717, 1.165) is 33.0 Å². The fourth-order valence-electron chi connectivity index (χ4n) is 3.11. The molecule has 0 saturated carbocycles. The fourth-order valence-corrected chi connectivity index (χ4v) is 3.80. The molecule has 0 aliphatic carbocycles. The van der Waals surface area contributed by atoms with E-state index >= 15 is 0 Å². The largest absolute Gasteiger partial charge is 0.490 e. The lowest BCUT2D eigenvalue weighted by Gasteiger charge is -2.14. The highest BCUT2D eigenvalue weighted by Gasteiger charge is 2.12. The summed E-state index contributed by atoms with van der Waals surface area (Å²) in [5.41, 5.74) is 3.66. The van der Waals surface area contributed by atoms with Gasteiger partial charge in [0.05, 0.1) is 24.4 Å². The predicted molar refractivity (Wildman–Crippen MR) is 122 cm³/mol. The third-order valence-electron chi connectivity index (χ3n) is 4.44. The van der Waals surface area contributed by atoms with Gasteiger partial charge < -0.3 is 20.1 Å². The Balaban J connectivity index is 1.70. The Bertz CT molecular complexity index is 1160. The van der Waals surface area contributed by atoms with Crippen molar-refractivity contribution in [3.63, 3.8) is 0 Å². The fraction of sp³-hybridized carbons (Fsp3) is 0.227. The third-order valence-corrected chi connectivity index (χ3v) is 5.30. The van der Waals surface area contributed by atoms with Crippen LogP contribution in [0.5, 0.6) is 11.5 Å². The van der Waals surface area contributed by atoms with Crippen LogP contribution >= 0.6 is 11.3 Å². The Morgan fingerprint density at radius 2 is 1.80 bits per heavy atom. The van der Waals surface area contributed by atoms with Crippen LogP contribution in [0.2, 0.25) is 0 Å². The van der Waals surface area contributed by atoms with Crippen molar-refractivity contribution in [2.24, 2.45) is 0 Å². The highest BCUT2D eigenvalue weighted by molar-refractivity contribution is 7.14. The smallest absolute Gasteiger partial charge is 0.182 e. The van der Waals surface area contributed by atoms with Crippen molar-refractivity contribution in [1.82, 2.24) is 15.0 Å². The van der Waals surface area contributed by atoms with Gasteiger partial charge in [-0.15, -0.1) is 11.3 Å². The third kappa shape index (κ3) is 4.13. The minimum Gasteiger partial charge on any atom is -0.490 e. The Hall–Kier alpha value is -3.39. The first-order valence-corrected chi connectivity index (χ1v) is 10.6. The summed E-state index contributed by atoms with van der Waals surface area (Å²) in [6.07, 6.45) is 1.55. The molecule has 0 amide bonds. The van der Waals surface area contributed by atoms with Crippen LogP contribution in [0, 0.1) is 0 Å². The van der Waals surface area contributed by atoms with Crippen molar-refractivity contribution < 1.29 is 9.47 Å². The molecule has 2 aromatic carbocycles. The molecule has 30 heavy (non-hydrogen) atoms. The number of thiazole rings is 1. The molecule has 0 aliphatic rings. The Kier molecular flexibility index (Phi) is 5.94. The van der Waals surface area contributed by atoms with Crippen LogP contribution < -0.4 is 20.1 Å². The van der Waals surface area contributed by atoms with Gasteiger partial charge in [-0.2, -0.15) is 0 Å². The van der Waals surface area contributed by atoms with Crippen molar-refractivity contribution in [2.45, 2.75) is 13.8 Å². The summed E-state index contributed by atoms with van der Waals surface area (Å²) in [6, 6.07) is 11.9. The average Bonchev–Trinajstić information content (AvgIpc) is 3.25. The van der Waals surface area contributed by atoms with Crippen LogP contribution in [0.3, 0.4) is 0 Å². The van der Waals surface area contributed by atoms with Gasteiger partial charge in [-0.05, 0) is 32.0 Å². The van der Waals surface area contributed by atoms with Crippen LogP contribution in [-0.4, -0.2) is 35.2 Å². The molecule has 0 aliphatic heterocycles. The molecule has 4 rings (SSSR count). The molecular weight excluding hydrogens is 398 g/mol. The first-order valence-electron chi connectivity index (χ1n) is 9.77. The summed E-state index contributed by atoms with van der Waals surface area (Å²) in [5.74, 6) is 2.07. The highest BCUT2D eigenvalue weighted by atomic mass is 32.1. The van der Waals surface area contributed by atoms with Gasteiger partial charge >= 0.3 is 0 Å². The number of nitrogens with zero attached hydrogens (tertiary/aromatic N) is 3. The second kappa shape index (κ2) is 8.96. The summed E-state index contributed by atoms with van der Waals surface area (Å²) in [6.45, 7) is 5.00. The zero-order valence-electron chi connectivity index (χ0n) is 17.1. The molecule has 0 fully saturated rings. The van der Waals surface area contributed by atoms with E-state index in [-0.39, 0.29) is 0 Å². The van der Waals surface area contributed by atoms with Gasteiger partial charge in [0.1, 0.15) is 12.1 Å². The predicted octanol–water partition coefficient (Wildman–Crippen LogP) is 5.34. The molecule has 7 nitrogen and oxygen atoms in total. The normalized spacial score (nSPS) is 10.8. The van der Waals surface area contributed by atoms with Gasteiger partial charge in [0, 0.05) is 35.1 Å². The van der Waals surface area contributed by atoms with Gasteiger partial charge in [0.25, 0.3) is 0 Å². The number of benzene rings is 2. The van der Waals surface area contributed by atoms with E-state index in [2.05, 4.69) is 31.7 Å². The van der Waals surface area contributed by atoms with E-state index in [1.54, 1.807) is 17.7 Å². The molecule has 154 valence electrons. The van der Waals surface area contributed by atoms with Crippen molar-refractivity contribution in [3.05, 3.63) is 48.1 Å². The van der Waals surface area contributed by atoms with Gasteiger partial charge in [-0.3, -0.25) is 0 Å². The van der Waals surface area contributed by atoms with Crippen molar-refractivity contribution in [2.75, 3.05) is 30.9 Å². The standard InChI is InChI=1S/C22H23N5O2S/c1-4-28-19-10-16-17(11-20(19)29-5-2)24-13-25-21(16)26-15-8-6-7-14(9-15)18-12-30-22(23-3)27-18/h6-13H,4-5H2,1-3H3,(H,23,27)(H,24,25,26). The Morgan fingerprint density at radius 3 is 2.53 bits per heavy atom. The summed E-state index contributed by atoms with van der Waals surface area (Å²) in [5, 5.41) is 10.3. The number of hydrogen-bond donors (Lipinski definition) is 2. The molecule has 2 N–H and O–H groups in total. The number of aromatic nitrogens is 3. The summed E-state index contributed by atoms with van der Waals surface area (Å²) >= 11 is 1.58. The number of hydrogen-bond acceptors (Lipinski definition) is 8. The molecule has 0 atom stereocenters. The highest BCUT2D eigenvalue weighted by Crippen LogP contribution is 2.35. The minimum atomic E-state index is 0.548. The molecule has 4 aromatic rings. The van der Waals surface area contributed by atoms with E-state index in [9.17, 15) is 0 Å². The second-order valence-electron chi connectivity index (χ2n) is 6.40. The van der Waals surface area contributed by atoms with Gasteiger partial charge in [0.15, 0.2) is 16.6 Å². The van der Waals surface area contributed by atoms with E-state index in [4.69, 9.17) is 9.47 Å². The van der Waals surface area contributed by atoms with E-state index in [1.807, 2.05) is 56.6 Å². The molecule has 0 unspecified atom stereocenters. The van der Waals surface area contributed by atoms with Gasteiger partial charge in [-0.25, -0.2) is 15.0 Å². The van der Waals surface area contributed by atoms with E-state index in [1.165, 1.54) is 0 Å². The first-order chi connectivity index (χ1) is 14.7. The van der Waals surface area contributed by atoms with Crippen LogP contribution in [0.15, 0.2) is 48.1 Å². The molecule has 0 radical (unpaired) electrons. The minimum absolute atomic E-state index is 0.548. The number of nitrogens with one attached hydrogen (secondary N) is 2. The molecule has 0 bridgehead atoms. The zero-order chi connectivity index (χ0) is 20.9. The quantitative estimate of drug-likeness (QED) is 0.398. The molecular formula is C22H23N5O2S. The number of ether oxygens (including phenoxy) is 2. The molecule has 0 spiro atoms.